The third-order valence-corrected chi connectivity index (χ3v) is 8.53. The van der Waals surface area contributed by atoms with Crippen molar-refractivity contribution < 1.29 is 41.7 Å². The Morgan fingerprint density at radius 3 is 2.02 bits per heavy atom. The Labute approximate surface area is 252 Å². The van der Waals surface area contributed by atoms with E-state index in [1.54, 1.807) is 37.3 Å². The number of carbonyl (C=O) groups is 2. The van der Waals surface area contributed by atoms with Crippen molar-refractivity contribution >= 4 is 27.5 Å². The predicted molar refractivity (Wildman–Crippen MR) is 161 cm³/mol. The minimum atomic E-state index is -4.44. The summed E-state index contributed by atoms with van der Waals surface area (Å²) in [6.07, 6.45) is 0. The van der Waals surface area contributed by atoms with Crippen LogP contribution in [0.4, 0.5) is 5.69 Å². The van der Waals surface area contributed by atoms with Crippen molar-refractivity contribution in [1.29, 1.82) is 0 Å². The van der Waals surface area contributed by atoms with E-state index in [0.29, 0.717) is 22.8 Å². The molecule has 0 spiro atoms. The Hall–Kier alpha value is -4.65. The first-order chi connectivity index (χ1) is 20.5. The summed E-state index contributed by atoms with van der Waals surface area (Å²) < 4.78 is 56.3. The van der Waals surface area contributed by atoms with Gasteiger partial charge in [0.25, 0.3) is 10.0 Å². The van der Waals surface area contributed by atoms with Gasteiger partial charge < -0.3 is 33.9 Å². The number of nitrogens with one attached hydrogen (secondary N) is 1. The average Bonchev–Trinajstić information content (AvgIpc) is 3.04. The van der Waals surface area contributed by atoms with Crippen molar-refractivity contribution in [1.82, 2.24) is 10.2 Å². The average molecular weight is 616 g/mol. The second-order valence-corrected chi connectivity index (χ2v) is 11.1. The van der Waals surface area contributed by atoms with Crippen LogP contribution in [0.2, 0.25) is 0 Å². The van der Waals surface area contributed by atoms with E-state index in [9.17, 15) is 18.0 Å². The molecule has 1 atom stereocenters. The summed E-state index contributed by atoms with van der Waals surface area (Å²) in [5, 5.41) is 2.55. The van der Waals surface area contributed by atoms with Gasteiger partial charge in [0.15, 0.2) is 11.5 Å². The molecule has 0 heterocycles. The maximum Gasteiger partial charge on any atom is 0.265 e. The number of amides is 2. The molecular weight excluding hydrogens is 578 g/mol. The van der Waals surface area contributed by atoms with Crippen LogP contribution in [0.5, 0.6) is 28.7 Å². The molecule has 12 nitrogen and oxygen atoms in total. The Morgan fingerprint density at radius 2 is 1.42 bits per heavy atom. The highest BCUT2D eigenvalue weighted by Crippen LogP contribution is 2.37. The fourth-order valence-corrected chi connectivity index (χ4v) is 5.80. The van der Waals surface area contributed by atoms with E-state index >= 15 is 0 Å². The van der Waals surface area contributed by atoms with Gasteiger partial charge >= 0.3 is 0 Å². The third-order valence-electron chi connectivity index (χ3n) is 6.78. The molecule has 0 saturated carbocycles. The van der Waals surface area contributed by atoms with E-state index in [4.69, 9.17) is 23.7 Å². The Morgan fingerprint density at radius 1 is 0.791 bits per heavy atom. The fourth-order valence-electron chi connectivity index (χ4n) is 4.37. The molecule has 3 aromatic rings. The molecule has 3 rings (SSSR count). The number of nitrogens with zero attached hydrogens (tertiary/aromatic N) is 2. The van der Waals surface area contributed by atoms with Gasteiger partial charge in [-0.1, -0.05) is 12.1 Å². The van der Waals surface area contributed by atoms with Crippen molar-refractivity contribution in [3.63, 3.8) is 0 Å². The number of sulfonamides is 1. The SMILES string of the molecule is CNC(=O)[C@@H](C)N(Cc1cccc(OC)c1)C(=O)CN(c1cc(OC)ccc1OC)S(=O)(=O)c1ccc(OC)c(OC)c1. The third kappa shape index (κ3) is 7.41. The molecule has 0 bridgehead atoms. The Bertz CT molecular complexity index is 1550. The summed E-state index contributed by atoms with van der Waals surface area (Å²) in [5.41, 5.74) is 0.732. The zero-order valence-corrected chi connectivity index (χ0v) is 26.1. The molecule has 1 N–H and O–H groups in total. The molecule has 43 heavy (non-hydrogen) atoms. The Kier molecular flexibility index (Phi) is 11.1. The molecule has 0 aromatic heterocycles. The number of likely N-dealkylation sites (N-methyl/N-ethyl adjacent to an activating group) is 1. The lowest BCUT2D eigenvalue weighted by molar-refractivity contribution is -0.139. The molecule has 0 aliphatic rings. The van der Waals surface area contributed by atoms with Crippen molar-refractivity contribution in [3.8, 4) is 28.7 Å². The van der Waals surface area contributed by atoms with Crippen LogP contribution in [0.1, 0.15) is 12.5 Å². The molecule has 0 radical (unpaired) electrons. The number of hydrogen-bond acceptors (Lipinski definition) is 9. The van der Waals surface area contributed by atoms with E-state index in [1.165, 1.54) is 77.8 Å². The van der Waals surface area contributed by atoms with Gasteiger partial charge in [0.1, 0.15) is 29.8 Å². The molecule has 3 aromatic carbocycles. The van der Waals surface area contributed by atoms with E-state index in [0.717, 1.165) is 4.31 Å². The van der Waals surface area contributed by atoms with E-state index in [2.05, 4.69) is 5.32 Å². The summed E-state index contributed by atoms with van der Waals surface area (Å²) >= 11 is 0. The number of benzene rings is 3. The maximum absolute atomic E-state index is 14.3. The summed E-state index contributed by atoms with van der Waals surface area (Å²) in [6.45, 7) is 0.895. The van der Waals surface area contributed by atoms with Gasteiger partial charge in [0.2, 0.25) is 11.8 Å². The molecule has 232 valence electrons. The molecule has 13 heteroatoms. The second kappa shape index (κ2) is 14.5. The minimum Gasteiger partial charge on any atom is -0.497 e. The summed E-state index contributed by atoms with van der Waals surface area (Å²) in [7, 11) is 4.18. The molecule has 0 aliphatic heterocycles. The van der Waals surface area contributed by atoms with Crippen LogP contribution in [-0.4, -0.2) is 80.3 Å². The van der Waals surface area contributed by atoms with Crippen LogP contribution >= 0.6 is 0 Å². The van der Waals surface area contributed by atoms with Crippen molar-refractivity contribution in [2.24, 2.45) is 0 Å². The van der Waals surface area contributed by atoms with Gasteiger partial charge in [-0.25, -0.2) is 8.42 Å². The van der Waals surface area contributed by atoms with Gasteiger partial charge in [-0.3, -0.25) is 13.9 Å². The first-order valence-electron chi connectivity index (χ1n) is 13.1. The summed E-state index contributed by atoms with van der Waals surface area (Å²) in [5.74, 6) is 0.514. The molecule has 0 fully saturated rings. The van der Waals surface area contributed by atoms with Gasteiger partial charge in [0.05, 0.1) is 46.1 Å². The van der Waals surface area contributed by atoms with E-state index in [-0.39, 0.29) is 28.6 Å². The second-order valence-electron chi connectivity index (χ2n) is 9.23. The quantitative estimate of drug-likeness (QED) is 0.291. The molecular formula is C30H37N3O9S. The van der Waals surface area contributed by atoms with Gasteiger partial charge in [-0.05, 0) is 48.9 Å². The van der Waals surface area contributed by atoms with E-state index < -0.39 is 34.4 Å². The van der Waals surface area contributed by atoms with Crippen LogP contribution in [0.15, 0.2) is 65.6 Å². The highest BCUT2D eigenvalue weighted by Gasteiger charge is 2.34. The Balaban J connectivity index is 2.17. The van der Waals surface area contributed by atoms with Gasteiger partial charge in [-0.15, -0.1) is 0 Å². The number of carbonyl (C=O) groups excluding carboxylic acids is 2. The normalized spacial score (nSPS) is 11.6. The van der Waals surface area contributed by atoms with Gasteiger partial charge in [0, 0.05) is 25.7 Å². The molecule has 0 aliphatic carbocycles. The summed E-state index contributed by atoms with van der Waals surface area (Å²) in [4.78, 5) is 28.0. The maximum atomic E-state index is 14.3. The van der Waals surface area contributed by atoms with Crippen LogP contribution < -0.4 is 33.3 Å². The van der Waals surface area contributed by atoms with Crippen molar-refractivity contribution in [3.05, 3.63) is 66.2 Å². The monoisotopic (exact) mass is 615 g/mol. The highest BCUT2D eigenvalue weighted by molar-refractivity contribution is 7.92. The lowest BCUT2D eigenvalue weighted by atomic mass is 10.1. The first kappa shape index (κ1) is 32.9. The van der Waals surface area contributed by atoms with Crippen LogP contribution in [0.25, 0.3) is 0 Å². The van der Waals surface area contributed by atoms with Crippen molar-refractivity contribution in [2.75, 3.05) is 53.4 Å². The van der Waals surface area contributed by atoms with Crippen LogP contribution in [0, 0.1) is 0 Å². The molecule has 0 saturated heterocycles. The van der Waals surface area contributed by atoms with E-state index in [1.807, 2.05) is 0 Å². The largest absolute Gasteiger partial charge is 0.497 e. The standard InChI is InChI=1S/C30H37N3O9S/c1-20(30(35)31-2)32(18-21-9-8-10-22(15-21)38-3)29(34)19-33(25-16-23(39-4)11-13-26(25)40-5)43(36,37)24-12-14-27(41-6)28(17-24)42-7/h8-17,20H,18-19H2,1-7H3,(H,31,35)/t20-/m1/s1. The lowest BCUT2D eigenvalue weighted by Crippen LogP contribution is -2.50. The zero-order valence-electron chi connectivity index (χ0n) is 25.2. The fraction of sp³-hybridized carbons (Fsp3) is 0.333. The number of ether oxygens (including phenoxy) is 5. The number of hydrogen-bond donors (Lipinski definition) is 1. The molecule has 0 unspecified atom stereocenters. The lowest BCUT2D eigenvalue weighted by Gasteiger charge is -2.32. The predicted octanol–water partition coefficient (Wildman–Crippen LogP) is 3.09. The highest BCUT2D eigenvalue weighted by atomic mass is 32.2. The number of methoxy groups -OCH3 is 5. The van der Waals surface area contributed by atoms with Crippen LogP contribution in [0.3, 0.4) is 0 Å². The van der Waals surface area contributed by atoms with Crippen LogP contribution in [-0.2, 0) is 26.2 Å². The summed E-state index contributed by atoms with van der Waals surface area (Å²) in [6, 6.07) is 14.8. The zero-order chi connectivity index (χ0) is 31.7. The minimum absolute atomic E-state index is 0.00408. The molecule has 2 amide bonds. The first-order valence-corrected chi connectivity index (χ1v) is 14.6. The van der Waals surface area contributed by atoms with Crippen molar-refractivity contribution in [2.45, 2.75) is 24.4 Å². The number of anilines is 1. The number of rotatable bonds is 14. The topological polar surface area (TPSA) is 133 Å². The van der Waals surface area contributed by atoms with Gasteiger partial charge in [-0.2, -0.15) is 0 Å². The smallest absolute Gasteiger partial charge is 0.265 e.